The maximum absolute atomic E-state index is 12.5. The van der Waals surface area contributed by atoms with Crippen molar-refractivity contribution < 1.29 is 17.9 Å². The Morgan fingerprint density at radius 3 is 2.62 bits per heavy atom. The van der Waals surface area contributed by atoms with Crippen LogP contribution in [0.3, 0.4) is 0 Å². The monoisotopic (exact) mass is 345 g/mol. The zero-order valence-corrected chi connectivity index (χ0v) is 14.3. The highest BCUT2D eigenvalue weighted by Gasteiger charge is 2.27. The van der Waals surface area contributed by atoms with Crippen molar-refractivity contribution in [2.24, 2.45) is 0 Å². The molecule has 126 valence electrons. The van der Waals surface area contributed by atoms with E-state index in [2.05, 4.69) is 4.72 Å². The van der Waals surface area contributed by atoms with Gasteiger partial charge in [0, 0.05) is 36.1 Å². The first-order valence-electron chi connectivity index (χ1n) is 8.04. The van der Waals surface area contributed by atoms with Gasteiger partial charge < -0.3 is 9.47 Å². The van der Waals surface area contributed by atoms with Gasteiger partial charge in [0.15, 0.2) is 0 Å². The first kappa shape index (κ1) is 15.5. The molecule has 5 nitrogen and oxygen atoms in total. The van der Waals surface area contributed by atoms with Gasteiger partial charge in [-0.05, 0) is 25.1 Å². The summed E-state index contributed by atoms with van der Waals surface area (Å²) in [5, 5.41) is 0. The van der Waals surface area contributed by atoms with Crippen LogP contribution in [-0.4, -0.2) is 21.6 Å². The molecule has 0 fully saturated rings. The van der Waals surface area contributed by atoms with E-state index in [0.29, 0.717) is 13.2 Å². The number of sulfonamides is 1. The van der Waals surface area contributed by atoms with E-state index < -0.39 is 10.0 Å². The minimum atomic E-state index is -3.56. The fourth-order valence-corrected chi connectivity index (χ4v) is 4.24. The minimum absolute atomic E-state index is 0.213. The smallest absolute Gasteiger partial charge is 0.240 e. The summed E-state index contributed by atoms with van der Waals surface area (Å²) in [6.45, 7) is 3.41. The molecule has 0 bridgehead atoms. The van der Waals surface area contributed by atoms with Crippen molar-refractivity contribution in [1.29, 1.82) is 0 Å². The van der Waals surface area contributed by atoms with Gasteiger partial charge in [-0.2, -0.15) is 0 Å². The lowest BCUT2D eigenvalue weighted by molar-refractivity contribution is 0.352. The SMILES string of the molecule is Cc1ccc(S(=O)(=O)NCc2c3c(cc4c2OCC4)OCC3)cc1. The summed E-state index contributed by atoms with van der Waals surface area (Å²) < 4.78 is 39.2. The fourth-order valence-electron chi connectivity index (χ4n) is 3.24. The maximum atomic E-state index is 12.5. The van der Waals surface area contributed by atoms with Crippen LogP contribution in [0.5, 0.6) is 11.5 Å². The lowest BCUT2D eigenvalue weighted by Gasteiger charge is -2.14. The van der Waals surface area contributed by atoms with E-state index in [1.54, 1.807) is 24.3 Å². The molecule has 4 rings (SSSR count). The van der Waals surface area contributed by atoms with Crippen molar-refractivity contribution in [3.8, 4) is 11.5 Å². The molecular weight excluding hydrogens is 326 g/mol. The molecule has 1 N–H and O–H groups in total. The van der Waals surface area contributed by atoms with Crippen molar-refractivity contribution in [2.45, 2.75) is 31.2 Å². The van der Waals surface area contributed by atoms with Gasteiger partial charge in [0.1, 0.15) is 11.5 Å². The van der Waals surface area contributed by atoms with Crippen LogP contribution in [-0.2, 0) is 29.4 Å². The van der Waals surface area contributed by atoms with Gasteiger partial charge >= 0.3 is 0 Å². The highest BCUT2D eigenvalue weighted by molar-refractivity contribution is 7.89. The van der Waals surface area contributed by atoms with Crippen molar-refractivity contribution in [1.82, 2.24) is 4.72 Å². The molecule has 0 amide bonds. The lowest BCUT2D eigenvalue weighted by Crippen LogP contribution is -2.24. The van der Waals surface area contributed by atoms with Crippen molar-refractivity contribution in [3.05, 3.63) is 52.6 Å². The number of ether oxygens (including phenoxy) is 2. The number of nitrogens with one attached hydrogen (secondary N) is 1. The molecule has 2 aliphatic heterocycles. The Morgan fingerprint density at radius 1 is 1.08 bits per heavy atom. The Kier molecular flexibility index (Phi) is 3.73. The number of rotatable bonds is 4. The summed E-state index contributed by atoms with van der Waals surface area (Å²) >= 11 is 0. The Balaban J connectivity index is 1.64. The third-order valence-corrected chi connectivity index (χ3v) is 5.95. The minimum Gasteiger partial charge on any atom is -0.493 e. The van der Waals surface area contributed by atoms with E-state index in [0.717, 1.165) is 46.6 Å². The molecule has 0 spiro atoms. The second-order valence-corrected chi connectivity index (χ2v) is 7.92. The first-order chi connectivity index (χ1) is 11.5. The molecule has 0 atom stereocenters. The van der Waals surface area contributed by atoms with Crippen LogP contribution in [0.1, 0.15) is 22.3 Å². The van der Waals surface area contributed by atoms with Crippen LogP contribution >= 0.6 is 0 Å². The first-order valence-corrected chi connectivity index (χ1v) is 9.52. The van der Waals surface area contributed by atoms with Gasteiger partial charge in [0.2, 0.25) is 10.0 Å². The second-order valence-electron chi connectivity index (χ2n) is 6.15. The molecule has 2 aromatic rings. The van der Waals surface area contributed by atoms with Crippen LogP contribution in [0.2, 0.25) is 0 Å². The summed E-state index contributed by atoms with van der Waals surface area (Å²) in [7, 11) is -3.56. The van der Waals surface area contributed by atoms with Crippen molar-refractivity contribution in [2.75, 3.05) is 13.2 Å². The van der Waals surface area contributed by atoms with Gasteiger partial charge in [-0.25, -0.2) is 13.1 Å². The summed E-state index contributed by atoms with van der Waals surface area (Å²) in [4.78, 5) is 0.273. The van der Waals surface area contributed by atoms with E-state index in [1.165, 1.54) is 0 Å². The van der Waals surface area contributed by atoms with Crippen LogP contribution in [0, 0.1) is 6.92 Å². The fraction of sp³-hybridized carbons (Fsp3) is 0.333. The standard InChI is InChI=1S/C18H19NO4S/c1-12-2-4-14(5-3-12)24(20,21)19-11-16-15-7-9-22-17(15)10-13-6-8-23-18(13)16/h2-5,10,19H,6-9,11H2,1H3. The van der Waals surface area contributed by atoms with Gasteiger partial charge in [-0.3, -0.25) is 0 Å². The molecule has 0 saturated heterocycles. The molecule has 24 heavy (non-hydrogen) atoms. The third kappa shape index (κ3) is 2.65. The maximum Gasteiger partial charge on any atom is 0.240 e. The highest BCUT2D eigenvalue weighted by Crippen LogP contribution is 2.40. The van der Waals surface area contributed by atoms with E-state index in [-0.39, 0.29) is 11.4 Å². The molecule has 0 radical (unpaired) electrons. The Bertz CT molecular complexity index is 856. The summed E-state index contributed by atoms with van der Waals surface area (Å²) in [5.74, 6) is 1.69. The van der Waals surface area contributed by atoms with E-state index in [1.807, 2.05) is 13.0 Å². The third-order valence-electron chi connectivity index (χ3n) is 4.53. The topological polar surface area (TPSA) is 64.6 Å². The number of hydrogen-bond acceptors (Lipinski definition) is 4. The summed E-state index contributed by atoms with van der Waals surface area (Å²) in [6, 6.07) is 8.86. The number of benzene rings is 2. The van der Waals surface area contributed by atoms with Crippen LogP contribution < -0.4 is 14.2 Å². The molecule has 2 aromatic carbocycles. The molecule has 0 aliphatic carbocycles. The van der Waals surface area contributed by atoms with E-state index in [9.17, 15) is 8.42 Å². The van der Waals surface area contributed by atoms with Crippen LogP contribution in [0.4, 0.5) is 0 Å². The molecule has 6 heteroatoms. The molecule has 2 heterocycles. The quantitative estimate of drug-likeness (QED) is 0.924. The number of fused-ring (bicyclic) bond motifs is 2. The largest absolute Gasteiger partial charge is 0.493 e. The average molecular weight is 345 g/mol. The number of aryl methyl sites for hydroxylation is 1. The molecule has 0 saturated carbocycles. The Hall–Kier alpha value is -2.05. The molecular formula is C18H19NO4S. The van der Waals surface area contributed by atoms with Crippen LogP contribution in [0.15, 0.2) is 35.2 Å². The van der Waals surface area contributed by atoms with Gasteiger partial charge in [-0.15, -0.1) is 0 Å². The van der Waals surface area contributed by atoms with Gasteiger partial charge in [0.05, 0.1) is 18.1 Å². The van der Waals surface area contributed by atoms with E-state index in [4.69, 9.17) is 9.47 Å². The Labute approximate surface area is 141 Å². The van der Waals surface area contributed by atoms with Gasteiger partial charge in [-0.1, -0.05) is 17.7 Å². The zero-order chi connectivity index (χ0) is 16.7. The highest BCUT2D eigenvalue weighted by atomic mass is 32.2. The summed E-state index contributed by atoms with van der Waals surface area (Å²) in [6.07, 6.45) is 1.62. The lowest BCUT2D eigenvalue weighted by atomic mass is 10.00. The molecule has 0 aromatic heterocycles. The molecule has 2 aliphatic rings. The van der Waals surface area contributed by atoms with Gasteiger partial charge in [0.25, 0.3) is 0 Å². The molecule has 0 unspecified atom stereocenters. The predicted octanol–water partition coefficient (Wildman–Crippen LogP) is 2.34. The van der Waals surface area contributed by atoms with Crippen molar-refractivity contribution in [3.63, 3.8) is 0 Å². The normalized spacial score (nSPS) is 15.5. The second kappa shape index (κ2) is 5.79. The average Bonchev–Trinajstić information content (AvgIpc) is 3.20. The van der Waals surface area contributed by atoms with Crippen molar-refractivity contribution >= 4 is 10.0 Å². The van der Waals surface area contributed by atoms with Crippen LogP contribution in [0.25, 0.3) is 0 Å². The predicted molar refractivity (Wildman–Crippen MR) is 90.0 cm³/mol. The summed E-state index contributed by atoms with van der Waals surface area (Å²) in [5.41, 5.74) is 4.09. The number of hydrogen-bond donors (Lipinski definition) is 1. The Morgan fingerprint density at radius 2 is 1.83 bits per heavy atom. The zero-order valence-electron chi connectivity index (χ0n) is 13.5. The van der Waals surface area contributed by atoms with E-state index >= 15 is 0 Å².